The van der Waals surface area contributed by atoms with Crippen LogP contribution in [0.5, 0.6) is 5.75 Å². The molecule has 1 aromatic carbocycles. The molecule has 156 valence electrons. The van der Waals surface area contributed by atoms with Crippen LogP contribution in [0.3, 0.4) is 0 Å². The van der Waals surface area contributed by atoms with Gasteiger partial charge in [0.25, 0.3) is 0 Å². The molecule has 7 nitrogen and oxygen atoms in total. The van der Waals surface area contributed by atoms with Crippen molar-refractivity contribution in [2.45, 2.75) is 20.4 Å². The van der Waals surface area contributed by atoms with Crippen LogP contribution in [-0.4, -0.2) is 75.1 Å². The highest BCUT2D eigenvalue weighted by Crippen LogP contribution is 2.19. The SMILES string of the molecule is CN=C(NCCNC(=O)C(C)C)N1CCN(Cc2ccc(OC)c(F)c2)CC1. The molecule has 0 aromatic heterocycles. The van der Waals surface area contributed by atoms with Gasteiger partial charge in [0.1, 0.15) is 0 Å². The van der Waals surface area contributed by atoms with Crippen molar-refractivity contribution < 1.29 is 13.9 Å². The average Bonchev–Trinajstić information content (AvgIpc) is 2.69. The van der Waals surface area contributed by atoms with Gasteiger partial charge in [0.15, 0.2) is 17.5 Å². The number of piperazine rings is 1. The number of carbonyl (C=O) groups is 1. The van der Waals surface area contributed by atoms with Crippen LogP contribution in [0.4, 0.5) is 4.39 Å². The number of carbonyl (C=O) groups excluding carboxylic acids is 1. The van der Waals surface area contributed by atoms with Crippen LogP contribution in [0.1, 0.15) is 19.4 Å². The fourth-order valence-corrected chi connectivity index (χ4v) is 3.08. The summed E-state index contributed by atoms with van der Waals surface area (Å²) in [6.07, 6.45) is 0. The third kappa shape index (κ3) is 6.37. The summed E-state index contributed by atoms with van der Waals surface area (Å²) in [6, 6.07) is 5.11. The average molecular weight is 394 g/mol. The lowest BCUT2D eigenvalue weighted by Crippen LogP contribution is -2.53. The van der Waals surface area contributed by atoms with Gasteiger partial charge in [-0.15, -0.1) is 0 Å². The van der Waals surface area contributed by atoms with Crippen LogP contribution < -0.4 is 15.4 Å². The summed E-state index contributed by atoms with van der Waals surface area (Å²) >= 11 is 0. The third-order valence-corrected chi connectivity index (χ3v) is 4.74. The number of hydrogen-bond donors (Lipinski definition) is 2. The first-order chi connectivity index (χ1) is 13.4. The molecule has 1 aliphatic rings. The highest BCUT2D eigenvalue weighted by molar-refractivity contribution is 5.80. The zero-order valence-electron chi connectivity index (χ0n) is 17.3. The minimum Gasteiger partial charge on any atom is -0.494 e. The number of aliphatic imine (C=N–C) groups is 1. The number of nitrogens with zero attached hydrogens (tertiary/aromatic N) is 3. The van der Waals surface area contributed by atoms with Crippen LogP contribution in [-0.2, 0) is 11.3 Å². The molecule has 0 radical (unpaired) electrons. The molecule has 0 spiro atoms. The number of guanidine groups is 1. The van der Waals surface area contributed by atoms with Crippen molar-refractivity contribution in [2.24, 2.45) is 10.9 Å². The monoisotopic (exact) mass is 393 g/mol. The first kappa shape index (κ1) is 21.9. The minimum absolute atomic E-state index is 0.00781. The molecule has 28 heavy (non-hydrogen) atoms. The molecule has 1 heterocycles. The lowest BCUT2D eigenvalue weighted by Gasteiger charge is -2.36. The fraction of sp³-hybridized carbons (Fsp3) is 0.600. The van der Waals surface area contributed by atoms with Gasteiger partial charge in [0, 0.05) is 58.8 Å². The van der Waals surface area contributed by atoms with Crippen molar-refractivity contribution in [3.05, 3.63) is 29.6 Å². The Morgan fingerprint density at radius 1 is 1.21 bits per heavy atom. The molecule has 1 amide bonds. The van der Waals surface area contributed by atoms with E-state index in [2.05, 4.69) is 25.4 Å². The summed E-state index contributed by atoms with van der Waals surface area (Å²) in [5.74, 6) is 0.835. The summed E-state index contributed by atoms with van der Waals surface area (Å²) in [4.78, 5) is 20.4. The van der Waals surface area contributed by atoms with E-state index in [0.29, 0.717) is 19.6 Å². The van der Waals surface area contributed by atoms with Crippen molar-refractivity contribution in [3.63, 3.8) is 0 Å². The molecular weight excluding hydrogens is 361 g/mol. The molecule has 0 unspecified atom stereocenters. The van der Waals surface area contributed by atoms with E-state index < -0.39 is 0 Å². The van der Waals surface area contributed by atoms with Crippen molar-refractivity contribution >= 4 is 11.9 Å². The van der Waals surface area contributed by atoms with Crippen LogP contribution in [0, 0.1) is 11.7 Å². The number of hydrogen-bond acceptors (Lipinski definition) is 4. The maximum atomic E-state index is 13.9. The highest BCUT2D eigenvalue weighted by atomic mass is 19.1. The number of amides is 1. The van der Waals surface area contributed by atoms with Gasteiger partial charge < -0.3 is 20.3 Å². The Morgan fingerprint density at radius 3 is 2.46 bits per heavy atom. The Bertz CT molecular complexity index is 673. The van der Waals surface area contributed by atoms with Gasteiger partial charge in [0.05, 0.1) is 7.11 Å². The molecule has 2 N–H and O–H groups in total. The largest absolute Gasteiger partial charge is 0.494 e. The molecular formula is C20H32FN5O2. The predicted octanol–water partition coefficient (Wildman–Crippen LogP) is 1.30. The molecule has 1 aliphatic heterocycles. The number of ether oxygens (including phenoxy) is 1. The smallest absolute Gasteiger partial charge is 0.222 e. The minimum atomic E-state index is -0.326. The van der Waals surface area contributed by atoms with E-state index in [0.717, 1.165) is 37.7 Å². The Labute approximate surface area is 166 Å². The number of rotatable bonds is 7. The molecule has 1 saturated heterocycles. The molecule has 0 bridgehead atoms. The molecule has 2 rings (SSSR count). The lowest BCUT2D eigenvalue weighted by molar-refractivity contribution is -0.123. The zero-order valence-corrected chi connectivity index (χ0v) is 17.3. The molecule has 0 aliphatic carbocycles. The van der Waals surface area contributed by atoms with Gasteiger partial charge in [-0.25, -0.2) is 4.39 Å². The van der Waals surface area contributed by atoms with Crippen molar-refractivity contribution in [1.82, 2.24) is 20.4 Å². The Kier molecular flexibility index (Phi) is 8.50. The Balaban J connectivity index is 1.75. The van der Waals surface area contributed by atoms with Gasteiger partial charge >= 0.3 is 0 Å². The third-order valence-electron chi connectivity index (χ3n) is 4.74. The highest BCUT2D eigenvalue weighted by Gasteiger charge is 2.20. The van der Waals surface area contributed by atoms with E-state index in [9.17, 15) is 9.18 Å². The zero-order chi connectivity index (χ0) is 20.5. The summed E-state index contributed by atoms with van der Waals surface area (Å²) in [5, 5.41) is 6.19. The number of methoxy groups -OCH3 is 1. The van der Waals surface area contributed by atoms with Crippen LogP contribution in [0.2, 0.25) is 0 Å². The quantitative estimate of drug-likeness (QED) is 0.415. The second-order valence-electron chi connectivity index (χ2n) is 7.15. The summed E-state index contributed by atoms with van der Waals surface area (Å²) in [5.41, 5.74) is 0.940. The maximum Gasteiger partial charge on any atom is 0.222 e. The van der Waals surface area contributed by atoms with Gasteiger partial charge in [-0.05, 0) is 17.7 Å². The normalized spacial score (nSPS) is 15.6. The first-order valence-electron chi connectivity index (χ1n) is 9.72. The van der Waals surface area contributed by atoms with E-state index in [1.165, 1.54) is 13.2 Å². The van der Waals surface area contributed by atoms with Gasteiger partial charge in [0.2, 0.25) is 5.91 Å². The molecule has 8 heteroatoms. The number of nitrogens with one attached hydrogen (secondary N) is 2. The van der Waals surface area contributed by atoms with Crippen LogP contribution in [0.15, 0.2) is 23.2 Å². The van der Waals surface area contributed by atoms with E-state index in [1.54, 1.807) is 13.1 Å². The maximum absolute atomic E-state index is 13.9. The van der Waals surface area contributed by atoms with Crippen molar-refractivity contribution in [1.29, 1.82) is 0 Å². The van der Waals surface area contributed by atoms with E-state index in [-0.39, 0.29) is 23.4 Å². The van der Waals surface area contributed by atoms with Crippen molar-refractivity contribution in [3.8, 4) is 5.75 Å². The molecule has 1 aromatic rings. The van der Waals surface area contributed by atoms with E-state index in [1.807, 2.05) is 19.9 Å². The number of benzene rings is 1. The van der Waals surface area contributed by atoms with Gasteiger partial charge in [-0.1, -0.05) is 19.9 Å². The van der Waals surface area contributed by atoms with E-state index in [4.69, 9.17) is 4.74 Å². The van der Waals surface area contributed by atoms with Crippen LogP contribution >= 0.6 is 0 Å². The van der Waals surface area contributed by atoms with Crippen molar-refractivity contribution in [2.75, 3.05) is 53.4 Å². The second kappa shape index (κ2) is 10.8. The van der Waals surface area contributed by atoms with E-state index >= 15 is 0 Å². The van der Waals surface area contributed by atoms with Crippen LogP contribution in [0.25, 0.3) is 0 Å². The number of halogens is 1. The lowest BCUT2D eigenvalue weighted by atomic mass is 10.2. The van der Waals surface area contributed by atoms with Gasteiger partial charge in [-0.3, -0.25) is 14.7 Å². The fourth-order valence-electron chi connectivity index (χ4n) is 3.08. The standard InChI is InChI=1S/C20H32FN5O2/c1-15(2)19(27)23-7-8-24-20(22-3)26-11-9-25(10-12-26)14-16-5-6-18(28-4)17(21)13-16/h5-6,13,15H,7-12,14H2,1-4H3,(H,22,24)(H,23,27). The molecule has 1 fully saturated rings. The summed E-state index contributed by atoms with van der Waals surface area (Å²) in [6.45, 7) is 9.10. The summed E-state index contributed by atoms with van der Waals surface area (Å²) in [7, 11) is 3.23. The molecule has 0 atom stereocenters. The molecule has 0 saturated carbocycles. The predicted molar refractivity (Wildman–Crippen MR) is 109 cm³/mol. The Morgan fingerprint density at radius 2 is 1.89 bits per heavy atom. The van der Waals surface area contributed by atoms with Gasteiger partial charge in [-0.2, -0.15) is 0 Å². The summed E-state index contributed by atoms with van der Waals surface area (Å²) < 4.78 is 18.8. The first-order valence-corrected chi connectivity index (χ1v) is 9.72. The topological polar surface area (TPSA) is 69.2 Å². The Hall–Kier alpha value is -2.35. The second-order valence-corrected chi connectivity index (χ2v) is 7.15.